The van der Waals surface area contributed by atoms with Crippen molar-refractivity contribution in [3.8, 4) is 11.5 Å². The third-order valence-corrected chi connectivity index (χ3v) is 3.86. The van der Waals surface area contributed by atoms with E-state index in [1.165, 1.54) is 0 Å². The van der Waals surface area contributed by atoms with E-state index in [9.17, 15) is 4.79 Å². The summed E-state index contributed by atoms with van der Waals surface area (Å²) in [6.07, 6.45) is 1.60. The van der Waals surface area contributed by atoms with Crippen molar-refractivity contribution >= 4 is 21.9 Å². The molecule has 0 amide bonds. The van der Waals surface area contributed by atoms with Gasteiger partial charge < -0.3 is 19.4 Å². The topological polar surface area (TPSA) is 72.4 Å². The zero-order valence-electron chi connectivity index (χ0n) is 13.7. The number of H-pyrrole nitrogens is 1. The molecule has 0 unspecified atom stereocenters. The highest BCUT2D eigenvalue weighted by molar-refractivity contribution is 6.05. The Hall–Kier alpha value is -2.54. The quantitative estimate of drug-likeness (QED) is 0.771. The van der Waals surface area contributed by atoms with Crippen molar-refractivity contribution in [3.63, 3.8) is 0 Å². The highest BCUT2D eigenvalue weighted by atomic mass is 16.5. The van der Waals surface area contributed by atoms with E-state index in [0.29, 0.717) is 29.1 Å². The molecule has 0 aliphatic heterocycles. The Morgan fingerprint density at radius 1 is 1.22 bits per heavy atom. The molecule has 1 N–H and O–H groups in total. The molecule has 0 fully saturated rings. The molecule has 3 aromatic rings. The van der Waals surface area contributed by atoms with Crippen molar-refractivity contribution < 1.29 is 9.47 Å². The van der Waals surface area contributed by atoms with Crippen LogP contribution in [0.15, 0.2) is 23.3 Å². The van der Waals surface area contributed by atoms with Gasteiger partial charge in [0.15, 0.2) is 11.5 Å². The molecular weight excluding hydrogens is 296 g/mol. The highest BCUT2D eigenvalue weighted by Gasteiger charge is 2.14. The Morgan fingerprint density at radius 2 is 1.91 bits per heavy atom. The first-order valence-electron chi connectivity index (χ1n) is 7.32. The Balaban J connectivity index is 2.19. The van der Waals surface area contributed by atoms with Gasteiger partial charge in [0.1, 0.15) is 11.0 Å². The summed E-state index contributed by atoms with van der Waals surface area (Å²) in [7, 11) is 7.11. The van der Waals surface area contributed by atoms with Crippen LogP contribution in [0.4, 0.5) is 0 Å². The molecule has 1 aromatic carbocycles. The molecular formula is C16H20N4O3. The Morgan fingerprint density at radius 3 is 2.57 bits per heavy atom. The lowest BCUT2D eigenvalue weighted by Crippen LogP contribution is -2.26. The predicted octanol–water partition coefficient (Wildman–Crippen LogP) is 1.46. The number of likely N-dealkylation sites (N-methyl/N-ethyl adjacent to an activating group) is 1. The lowest BCUT2D eigenvalue weighted by molar-refractivity contribution is 0.356. The fraction of sp³-hybridized carbons (Fsp3) is 0.375. The van der Waals surface area contributed by atoms with Crippen molar-refractivity contribution in [3.05, 3.63) is 28.8 Å². The second-order valence-electron chi connectivity index (χ2n) is 5.65. The second-order valence-corrected chi connectivity index (χ2v) is 5.65. The third kappa shape index (κ3) is 2.63. The minimum Gasteiger partial charge on any atom is -0.493 e. The summed E-state index contributed by atoms with van der Waals surface area (Å²) in [6.45, 7) is 1.37. The van der Waals surface area contributed by atoms with Crippen LogP contribution in [-0.4, -0.2) is 54.3 Å². The number of fused-ring (bicyclic) bond motifs is 3. The largest absolute Gasteiger partial charge is 0.493 e. The first-order valence-corrected chi connectivity index (χ1v) is 7.32. The van der Waals surface area contributed by atoms with E-state index in [4.69, 9.17) is 9.47 Å². The maximum absolute atomic E-state index is 12.6. The number of hydrogen-bond donors (Lipinski definition) is 1. The van der Waals surface area contributed by atoms with Gasteiger partial charge in [-0.3, -0.25) is 9.36 Å². The van der Waals surface area contributed by atoms with Crippen LogP contribution >= 0.6 is 0 Å². The highest BCUT2D eigenvalue weighted by Crippen LogP contribution is 2.34. The van der Waals surface area contributed by atoms with Crippen LogP contribution in [0.3, 0.4) is 0 Å². The van der Waals surface area contributed by atoms with Gasteiger partial charge in [-0.1, -0.05) is 0 Å². The molecule has 3 rings (SSSR count). The number of nitrogens with one attached hydrogen (secondary N) is 1. The van der Waals surface area contributed by atoms with Gasteiger partial charge in [0.25, 0.3) is 5.56 Å². The number of ether oxygens (including phenoxy) is 2. The summed E-state index contributed by atoms with van der Waals surface area (Å²) in [4.78, 5) is 22.3. The van der Waals surface area contributed by atoms with Gasteiger partial charge in [0.05, 0.1) is 26.1 Å². The van der Waals surface area contributed by atoms with E-state index in [0.717, 1.165) is 17.4 Å². The lowest BCUT2D eigenvalue weighted by atomic mass is 10.2. The maximum atomic E-state index is 12.6. The number of hydrogen-bond acceptors (Lipinski definition) is 5. The fourth-order valence-electron chi connectivity index (χ4n) is 2.59. The van der Waals surface area contributed by atoms with E-state index in [1.807, 2.05) is 31.1 Å². The lowest BCUT2D eigenvalue weighted by Gasteiger charge is -2.10. The minimum absolute atomic E-state index is 0.0778. The van der Waals surface area contributed by atoms with Gasteiger partial charge in [-0.2, -0.15) is 0 Å². The number of aromatic amines is 1. The van der Waals surface area contributed by atoms with Crippen LogP contribution in [0.2, 0.25) is 0 Å². The average molecular weight is 316 g/mol. The minimum atomic E-state index is -0.0778. The van der Waals surface area contributed by atoms with Crippen molar-refractivity contribution in [2.45, 2.75) is 6.54 Å². The smallest absolute Gasteiger partial charge is 0.277 e. The zero-order chi connectivity index (χ0) is 16.6. The molecule has 2 aromatic heterocycles. The SMILES string of the molecule is COc1cc2[nH]c3c(=O)n(CCN(C)C)cnc3c2cc1OC. The van der Waals surface area contributed by atoms with Crippen molar-refractivity contribution in [1.29, 1.82) is 0 Å². The number of benzene rings is 1. The van der Waals surface area contributed by atoms with Crippen LogP contribution in [0.1, 0.15) is 0 Å². The molecule has 0 spiro atoms. The number of nitrogens with zero attached hydrogens (tertiary/aromatic N) is 3. The summed E-state index contributed by atoms with van der Waals surface area (Å²) in [5, 5.41) is 0.842. The van der Waals surface area contributed by atoms with Crippen LogP contribution < -0.4 is 15.0 Å². The first-order chi connectivity index (χ1) is 11.0. The summed E-state index contributed by atoms with van der Waals surface area (Å²) < 4.78 is 12.2. The summed E-state index contributed by atoms with van der Waals surface area (Å²) in [6, 6.07) is 3.66. The van der Waals surface area contributed by atoms with Gasteiger partial charge in [-0.25, -0.2) is 4.98 Å². The Bertz CT molecular complexity index is 911. The molecule has 0 aliphatic carbocycles. The van der Waals surface area contributed by atoms with Gasteiger partial charge in [-0.15, -0.1) is 0 Å². The third-order valence-electron chi connectivity index (χ3n) is 3.86. The number of aromatic nitrogens is 3. The molecule has 0 saturated heterocycles. The monoisotopic (exact) mass is 316 g/mol. The van der Waals surface area contributed by atoms with Crippen LogP contribution in [0.5, 0.6) is 11.5 Å². The van der Waals surface area contributed by atoms with E-state index in [2.05, 4.69) is 9.97 Å². The standard InChI is InChI=1S/C16H20N4O3/c1-19(2)5-6-20-9-17-14-10-7-12(22-3)13(23-4)8-11(10)18-15(14)16(20)21/h7-9,18H,5-6H2,1-4H3. The Kier molecular flexibility index (Phi) is 3.96. The predicted molar refractivity (Wildman–Crippen MR) is 89.5 cm³/mol. The van der Waals surface area contributed by atoms with Gasteiger partial charge in [0.2, 0.25) is 0 Å². The fourth-order valence-corrected chi connectivity index (χ4v) is 2.59. The molecule has 23 heavy (non-hydrogen) atoms. The van der Waals surface area contributed by atoms with Gasteiger partial charge in [0, 0.05) is 24.5 Å². The molecule has 0 atom stereocenters. The first kappa shape index (κ1) is 15.4. The van der Waals surface area contributed by atoms with Crippen molar-refractivity contribution in [1.82, 2.24) is 19.4 Å². The molecule has 0 saturated carbocycles. The second kappa shape index (κ2) is 5.92. The zero-order valence-corrected chi connectivity index (χ0v) is 13.7. The van der Waals surface area contributed by atoms with Crippen LogP contribution in [0, 0.1) is 0 Å². The normalized spacial score (nSPS) is 11.5. The molecule has 122 valence electrons. The van der Waals surface area contributed by atoms with E-state index >= 15 is 0 Å². The molecule has 0 bridgehead atoms. The molecule has 0 aliphatic rings. The van der Waals surface area contributed by atoms with Gasteiger partial charge >= 0.3 is 0 Å². The van der Waals surface area contributed by atoms with Crippen LogP contribution in [0.25, 0.3) is 21.9 Å². The number of methoxy groups -OCH3 is 2. The Labute approximate surface area is 133 Å². The van der Waals surface area contributed by atoms with E-state index in [-0.39, 0.29) is 5.56 Å². The van der Waals surface area contributed by atoms with Gasteiger partial charge in [-0.05, 0) is 20.2 Å². The molecule has 7 nitrogen and oxygen atoms in total. The summed E-state index contributed by atoms with van der Waals surface area (Å²) >= 11 is 0. The summed E-state index contributed by atoms with van der Waals surface area (Å²) in [5.41, 5.74) is 1.86. The average Bonchev–Trinajstić information content (AvgIpc) is 2.91. The van der Waals surface area contributed by atoms with Crippen LogP contribution in [-0.2, 0) is 6.54 Å². The maximum Gasteiger partial charge on any atom is 0.277 e. The number of rotatable bonds is 5. The molecule has 2 heterocycles. The molecule has 0 radical (unpaired) electrons. The van der Waals surface area contributed by atoms with E-state index < -0.39 is 0 Å². The molecule has 7 heteroatoms. The van der Waals surface area contributed by atoms with Crippen molar-refractivity contribution in [2.75, 3.05) is 34.9 Å². The van der Waals surface area contributed by atoms with Crippen molar-refractivity contribution in [2.24, 2.45) is 0 Å². The van der Waals surface area contributed by atoms with E-state index in [1.54, 1.807) is 25.1 Å². The summed E-state index contributed by atoms with van der Waals surface area (Å²) in [5.74, 6) is 1.22.